The monoisotopic (exact) mass is 343 g/mol. The minimum atomic E-state index is 0.434. The number of aromatic amines is 1. The van der Waals surface area contributed by atoms with E-state index < -0.39 is 0 Å². The van der Waals surface area contributed by atoms with Crippen LogP contribution in [0, 0.1) is 6.92 Å². The smallest absolute Gasteiger partial charge is 0.183 e. The summed E-state index contributed by atoms with van der Waals surface area (Å²) in [5.74, 6) is 2.30. The van der Waals surface area contributed by atoms with Crippen LogP contribution in [0.2, 0.25) is 0 Å². The average molecular weight is 343 g/mol. The molecule has 4 rings (SSSR count). The van der Waals surface area contributed by atoms with Gasteiger partial charge in [0.05, 0.1) is 10.2 Å². The van der Waals surface area contributed by atoms with Gasteiger partial charge in [0.25, 0.3) is 0 Å². The molecule has 0 radical (unpaired) electrons. The first-order valence-corrected chi connectivity index (χ1v) is 9.20. The molecule has 0 atom stereocenters. The first-order valence-electron chi connectivity index (χ1n) is 8.38. The van der Waals surface area contributed by atoms with Crippen LogP contribution in [0.4, 0.5) is 5.13 Å². The summed E-state index contributed by atoms with van der Waals surface area (Å²) < 4.78 is 6.64. The number of thiazole rings is 1. The number of benzene rings is 1. The second-order valence-electron chi connectivity index (χ2n) is 6.15. The largest absolute Gasteiger partial charge is 0.381 e. The van der Waals surface area contributed by atoms with Crippen molar-refractivity contribution in [2.75, 3.05) is 25.1 Å². The summed E-state index contributed by atoms with van der Waals surface area (Å²) >= 11 is 1.70. The average Bonchev–Trinajstić information content (AvgIpc) is 3.23. The van der Waals surface area contributed by atoms with Gasteiger partial charge in [0.15, 0.2) is 11.0 Å². The normalized spacial score (nSPS) is 15.9. The van der Waals surface area contributed by atoms with Crippen molar-refractivity contribution in [3.63, 3.8) is 0 Å². The van der Waals surface area contributed by atoms with Gasteiger partial charge in [0.2, 0.25) is 0 Å². The number of H-pyrrole nitrogens is 1. The number of aryl methyl sites for hydroxylation is 1. The molecule has 3 aromatic rings. The maximum absolute atomic E-state index is 5.39. The summed E-state index contributed by atoms with van der Waals surface area (Å²) in [5.41, 5.74) is 2.33. The van der Waals surface area contributed by atoms with Gasteiger partial charge >= 0.3 is 0 Å². The topological polar surface area (TPSA) is 75.7 Å². The lowest BCUT2D eigenvalue weighted by molar-refractivity contribution is 0.0836. The maximum atomic E-state index is 5.39. The molecule has 0 amide bonds. The van der Waals surface area contributed by atoms with Crippen molar-refractivity contribution in [2.45, 2.75) is 32.1 Å². The van der Waals surface area contributed by atoms with Crippen molar-refractivity contribution in [1.82, 2.24) is 20.2 Å². The third-order valence-electron chi connectivity index (χ3n) is 4.39. The molecule has 0 bridgehead atoms. The van der Waals surface area contributed by atoms with E-state index in [4.69, 9.17) is 4.74 Å². The van der Waals surface area contributed by atoms with Crippen molar-refractivity contribution in [1.29, 1.82) is 0 Å². The van der Waals surface area contributed by atoms with Crippen LogP contribution in [0.25, 0.3) is 10.2 Å². The van der Waals surface area contributed by atoms with Gasteiger partial charge in [-0.25, -0.2) is 9.97 Å². The first-order chi connectivity index (χ1) is 11.8. The molecule has 1 aromatic carbocycles. The number of aromatic nitrogens is 4. The second kappa shape index (κ2) is 6.86. The van der Waals surface area contributed by atoms with Crippen molar-refractivity contribution >= 4 is 26.7 Å². The first kappa shape index (κ1) is 15.5. The summed E-state index contributed by atoms with van der Waals surface area (Å²) in [7, 11) is 0. The molecular weight excluding hydrogens is 322 g/mol. The third-order valence-corrected chi connectivity index (χ3v) is 5.55. The predicted octanol–water partition coefficient (Wildman–Crippen LogP) is 3.27. The molecule has 1 fully saturated rings. The Hall–Kier alpha value is -1.99. The molecule has 2 N–H and O–H groups in total. The third kappa shape index (κ3) is 3.27. The van der Waals surface area contributed by atoms with Crippen LogP contribution < -0.4 is 5.32 Å². The van der Waals surface area contributed by atoms with E-state index in [1.54, 1.807) is 11.3 Å². The van der Waals surface area contributed by atoms with Gasteiger partial charge in [-0.15, -0.1) is 0 Å². The Morgan fingerprint density at radius 2 is 2.17 bits per heavy atom. The molecule has 0 spiro atoms. The van der Waals surface area contributed by atoms with Gasteiger partial charge in [-0.1, -0.05) is 23.5 Å². The highest BCUT2D eigenvalue weighted by atomic mass is 32.1. The highest BCUT2D eigenvalue weighted by Gasteiger charge is 2.20. The van der Waals surface area contributed by atoms with Crippen LogP contribution in [-0.2, 0) is 11.2 Å². The lowest BCUT2D eigenvalue weighted by atomic mass is 10.00. The standard InChI is InChI=1S/C17H21N5OS/c1-11-3-2-4-13-15(11)24-17(19-13)18-8-5-14-20-16(22-21-14)12-6-9-23-10-7-12/h2-4,12H,5-10H2,1H3,(H,18,19)(H,20,21,22). The van der Waals surface area contributed by atoms with E-state index in [2.05, 4.69) is 44.5 Å². The number of rotatable bonds is 5. The highest BCUT2D eigenvalue weighted by molar-refractivity contribution is 7.22. The molecule has 7 heteroatoms. The zero-order valence-corrected chi connectivity index (χ0v) is 14.5. The number of hydrogen-bond acceptors (Lipinski definition) is 6. The zero-order chi connectivity index (χ0) is 16.4. The van der Waals surface area contributed by atoms with Gasteiger partial charge < -0.3 is 10.1 Å². The molecule has 0 aliphatic carbocycles. The van der Waals surface area contributed by atoms with Crippen molar-refractivity contribution in [3.05, 3.63) is 35.4 Å². The van der Waals surface area contributed by atoms with Gasteiger partial charge in [0.1, 0.15) is 5.82 Å². The maximum Gasteiger partial charge on any atom is 0.183 e. The molecule has 24 heavy (non-hydrogen) atoms. The Morgan fingerprint density at radius 3 is 3.00 bits per heavy atom. The summed E-state index contributed by atoms with van der Waals surface area (Å²) in [6.45, 7) is 4.54. The lowest BCUT2D eigenvalue weighted by Crippen LogP contribution is -2.15. The van der Waals surface area contributed by atoms with E-state index in [1.165, 1.54) is 10.3 Å². The van der Waals surface area contributed by atoms with Crippen LogP contribution in [-0.4, -0.2) is 39.9 Å². The molecule has 3 heterocycles. The van der Waals surface area contributed by atoms with Crippen molar-refractivity contribution in [2.24, 2.45) is 0 Å². The van der Waals surface area contributed by atoms with Crippen LogP contribution in [0.15, 0.2) is 18.2 Å². The van der Waals surface area contributed by atoms with E-state index in [1.807, 2.05) is 6.07 Å². The SMILES string of the molecule is Cc1cccc2nc(NCCc3nc(C4CCOCC4)n[nH]3)sc12. The van der Waals surface area contributed by atoms with E-state index in [0.717, 1.165) is 61.3 Å². The molecule has 1 aliphatic heterocycles. The van der Waals surface area contributed by atoms with Crippen LogP contribution >= 0.6 is 11.3 Å². The number of anilines is 1. The molecule has 0 unspecified atom stereocenters. The zero-order valence-electron chi connectivity index (χ0n) is 13.7. The summed E-state index contributed by atoms with van der Waals surface area (Å²) in [4.78, 5) is 9.27. The number of fused-ring (bicyclic) bond motifs is 1. The van der Waals surface area contributed by atoms with Gasteiger partial charge in [-0.2, -0.15) is 5.10 Å². The van der Waals surface area contributed by atoms with Crippen LogP contribution in [0.5, 0.6) is 0 Å². The highest BCUT2D eigenvalue weighted by Crippen LogP contribution is 2.28. The predicted molar refractivity (Wildman–Crippen MR) is 95.7 cm³/mol. The summed E-state index contributed by atoms with van der Waals surface area (Å²) in [6, 6.07) is 6.23. The van der Waals surface area contributed by atoms with Crippen LogP contribution in [0.3, 0.4) is 0 Å². The number of ether oxygens (including phenoxy) is 1. The number of hydrogen-bond donors (Lipinski definition) is 2. The van der Waals surface area contributed by atoms with Gasteiger partial charge in [-0.3, -0.25) is 5.10 Å². The molecule has 126 valence electrons. The molecular formula is C17H21N5OS. The van der Waals surface area contributed by atoms with Crippen molar-refractivity contribution in [3.8, 4) is 0 Å². The van der Waals surface area contributed by atoms with Crippen molar-refractivity contribution < 1.29 is 4.74 Å². The fourth-order valence-electron chi connectivity index (χ4n) is 3.01. The quantitative estimate of drug-likeness (QED) is 0.743. The molecule has 1 aliphatic rings. The molecule has 1 saturated heterocycles. The minimum absolute atomic E-state index is 0.434. The van der Waals surface area contributed by atoms with Crippen LogP contribution in [0.1, 0.15) is 36.0 Å². The van der Waals surface area contributed by atoms with Gasteiger partial charge in [-0.05, 0) is 31.4 Å². The van der Waals surface area contributed by atoms with Gasteiger partial charge in [0, 0.05) is 32.1 Å². The van der Waals surface area contributed by atoms with E-state index in [9.17, 15) is 0 Å². The van der Waals surface area contributed by atoms with E-state index >= 15 is 0 Å². The summed E-state index contributed by atoms with van der Waals surface area (Å²) in [6.07, 6.45) is 2.84. The number of nitrogens with zero attached hydrogens (tertiary/aromatic N) is 3. The molecule has 0 saturated carbocycles. The minimum Gasteiger partial charge on any atom is -0.381 e. The Balaban J connectivity index is 1.35. The Labute approximate surface area is 144 Å². The Kier molecular flexibility index (Phi) is 4.44. The van der Waals surface area contributed by atoms with E-state index in [0.29, 0.717) is 5.92 Å². The fraction of sp³-hybridized carbons (Fsp3) is 0.471. The fourth-order valence-corrected chi connectivity index (χ4v) is 3.97. The molecule has 6 nitrogen and oxygen atoms in total. The lowest BCUT2D eigenvalue weighted by Gasteiger charge is -2.18. The Bertz CT molecular complexity index is 821. The Morgan fingerprint density at radius 1 is 1.29 bits per heavy atom. The summed E-state index contributed by atoms with van der Waals surface area (Å²) in [5, 5.41) is 11.8. The molecule has 2 aromatic heterocycles. The number of nitrogens with one attached hydrogen (secondary N) is 2. The second-order valence-corrected chi connectivity index (χ2v) is 7.14. The van der Waals surface area contributed by atoms with E-state index in [-0.39, 0.29) is 0 Å².